The first-order chi connectivity index (χ1) is 32.3. The van der Waals surface area contributed by atoms with Gasteiger partial charge in [-0.05, 0) is 157 Å². The van der Waals surface area contributed by atoms with Crippen LogP contribution in [0.3, 0.4) is 0 Å². The van der Waals surface area contributed by atoms with E-state index in [2.05, 4.69) is 238 Å². The Morgan fingerprint density at radius 3 is 1.61 bits per heavy atom. The number of benzene rings is 9. The fourth-order valence-electron chi connectivity index (χ4n) is 14.0. The summed E-state index contributed by atoms with van der Waals surface area (Å²) in [4.78, 5) is 2.55. The van der Waals surface area contributed by atoms with Gasteiger partial charge in [0.15, 0.2) is 0 Å². The molecule has 0 heterocycles. The molecule has 1 nitrogen and oxygen atoms in total. The summed E-state index contributed by atoms with van der Waals surface area (Å²) < 4.78 is 0. The molecule has 0 aliphatic heterocycles. The Bertz CT molecular complexity index is 3270. The average Bonchev–Trinajstić information content (AvgIpc) is 3.34. The van der Waals surface area contributed by atoms with Gasteiger partial charge in [-0.25, -0.2) is 0 Å². The van der Waals surface area contributed by atoms with Crippen molar-refractivity contribution in [2.24, 2.45) is 23.2 Å². The third kappa shape index (κ3) is 5.72. The van der Waals surface area contributed by atoms with Crippen molar-refractivity contribution >= 4 is 27.8 Å². The predicted octanol–water partition coefficient (Wildman–Crippen LogP) is 17.6. The second-order valence-electron chi connectivity index (χ2n) is 20.9. The molecule has 0 bridgehead atoms. The third-order valence-electron chi connectivity index (χ3n) is 16.9. The van der Waals surface area contributed by atoms with E-state index in [4.69, 9.17) is 0 Å². The predicted molar refractivity (Wildman–Crippen MR) is 278 cm³/mol. The highest BCUT2D eigenvalue weighted by molar-refractivity contribution is 6.05. The molecule has 0 saturated heterocycles. The van der Waals surface area contributed by atoms with Crippen LogP contribution >= 0.6 is 0 Å². The lowest BCUT2D eigenvalue weighted by atomic mass is 9.12. The molecule has 0 amide bonds. The maximum absolute atomic E-state index is 2.55. The van der Waals surface area contributed by atoms with Crippen molar-refractivity contribution in [1.29, 1.82) is 0 Å². The first-order valence-electron chi connectivity index (χ1n) is 24.3. The number of rotatable bonds is 9. The number of nitrogens with zero attached hydrogens (tertiary/aromatic N) is 1. The molecule has 0 N–H and O–H groups in total. The highest BCUT2D eigenvalue weighted by Gasteiger charge is 2.87. The Kier molecular flexibility index (Phi) is 8.82. The second kappa shape index (κ2) is 14.8. The quantitative estimate of drug-likeness (QED) is 0.140. The van der Waals surface area contributed by atoms with E-state index in [0.29, 0.717) is 10.8 Å². The fraction of sp³-hybridized carbons (Fsp3) is 0.200. The summed E-state index contributed by atoms with van der Waals surface area (Å²) in [6.45, 7) is 6.96. The zero-order chi connectivity index (χ0) is 44.2. The summed E-state index contributed by atoms with van der Waals surface area (Å²) in [5, 5.41) is 2.82. The molecule has 2 unspecified atom stereocenters. The van der Waals surface area contributed by atoms with Crippen molar-refractivity contribution in [2.75, 3.05) is 4.90 Å². The van der Waals surface area contributed by atoms with E-state index in [1.54, 1.807) is 5.56 Å². The zero-order valence-corrected chi connectivity index (χ0v) is 38.2. The van der Waals surface area contributed by atoms with Gasteiger partial charge >= 0.3 is 0 Å². The van der Waals surface area contributed by atoms with Crippen molar-refractivity contribution in [2.45, 2.75) is 57.3 Å². The normalized spacial score (nSPS) is 22.2. The first kappa shape index (κ1) is 39.4. The minimum atomic E-state index is -0.0136. The Morgan fingerprint density at radius 1 is 0.409 bits per heavy atom. The van der Waals surface area contributed by atoms with Gasteiger partial charge < -0.3 is 4.90 Å². The van der Waals surface area contributed by atoms with Crippen molar-refractivity contribution in [3.8, 4) is 55.6 Å². The van der Waals surface area contributed by atoms with Gasteiger partial charge in [-0.15, -0.1) is 0 Å². The van der Waals surface area contributed by atoms with Crippen LogP contribution in [0.25, 0.3) is 66.4 Å². The fourth-order valence-corrected chi connectivity index (χ4v) is 14.0. The van der Waals surface area contributed by atoms with Gasteiger partial charge in [-0.1, -0.05) is 197 Å². The van der Waals surface area contributed by atoms with E-state index < -0.39 is 0 Å². The van der Waals surface area contributed by atoms with E-state index in [9.17, 15) is 0 Å². The number of fused-ring (bicyclic) bond motifs is 1. The zero-order valence-electron chi connectivity index (χ0n) is 38.2. The Labute approximate surface area is 390 Å². The molecule has 4 saturated carbocycles. The topological polar surface area (TPSA) is 3.24 Å². The van der Waals surface area contributed by atoms with Gasteiger partial charge in [0.25, 0.3) is 0 Å². The number of para-hydroxylation sites is 1. The maximum atomic E-state index is 2.55. The maximum Gasteiger partial charge on any atom is 0.0540 e. The van der Waals surface area contributed by atoms with Crippen LogP contribution in [0.4, 0.5) is 17.1 Å². The smallest absolute Gasteiger partial charge is 0.0540 e. The molecular formula is C65H55N. The molecule has 13 rings (SSSR count). The molecule has 4 aliphatic rings. The number of hydrogen-bond acceptors (Lipinski definition) is 1. The molecule has 9 aromatic rings. The van der Waals surface area contributed by atoms with Crippen LogP contribution in [-0.4, -0.2) is 0 Å². The molecule has 4 aliphatic carbocycles. The Hall–Kier alpha value is -6.96. The largest absolute Gasteiger partial charge is 0.309 e. The molecule has 1 spiro atoms. The third-order valence-corrected chi connectivity index (χ3v) is 16.9. The van der Waals surface area contributed by atoms with Gasteiger partial charge in [0, 0.05) is 22.2 Å². The molecule has 2 atom stereocenters. The van der Waals surface area contributed by atoms with Crippen molar-refractivity contribution in [3.63, 3.8) is 0 Å². The van der Waals surface area contributed by atoms with Gasteiger partial charge in [-0.2, -0.15) is 0 Å². The van der Waals surface area contributed by atoms with Gasteiger partial charge in [-0.3, -0.25) is 0 Å². The molecule has 1 heteroatoms. The summed E-state index contributed by atoms with van der Waals surface area (Å²) >= 11 is 0. The Morgan fingerprint density at radius 2 is 0.970 bits per heavy atom. The summed E-state index contributed by atoms with van der Waals surface area (Å²) in [6.07, 6.45) is 5.68. The van der Waals surface area contributed by atoms with E-state index in [1.165, 1.54) is 109 Å². The second-order valence-corrected chi connectivity index (χ2v) is 20.9. The monoisotopic (exact) mass is 849 g/mol. The van der Waals surface area contributed by atoms with Crippen LogP contribution in [0.2, 0.25) is 0 Å². The summed E-state index contributed by atoms with van der Waals surface area (Å²) in [5.74, 6) is 2.84. The highest BCUT2D eigenvalue weighted by Crippen LogP contribution is 2.93. The van der Waals surface area contributed by atoms with E-state index >= 15 is 0 Å². The molecule has 0 radical (unpaired) electrons. The van der Waals surface area contributed by atoms with Crippen molar-refractivity contribution in [1.82, 2.24) is 0 Å². The lowest BCUT2D eigenvalue weighted by Gasteiger charge is -2.91. The van der Waals surface area contributed by atoms with E-state index in [-0.39, 0.29) is 5.41 Å². The van der Waals surface area contributed by atoms with Gasteiger partial charge in [0.2, 0.25) is 0 Å². The van der Waals surface area contributed by atoms with Crippen LogP contribution in [0.1, 0.15) is 57.6 Å². The lowest BCUT2D eigenvalue weighted by molar-refractivity contribution is -0.394. The summed E-state index contributed by atoms with van der Waals surface area (Å²) in [7, 11) is 0. The standard InChI is InChI=1S/C65H55N/c1-63(2,3)49-32-36-61(58(40-49)46-21-11-6-12-22-46)66(53-33-29-43(30-34-53)48-31-35-54(44-17-7-4-8-18-44)57(37-48)45-19-9-5-10-20-45)60-28-14-13-25-55(60)56-26-15-23-47-24-16-27-59(62(47)56)64-41-51-38-50-39-52(42-64)65(50,51)64/h4-37,40,50-52H,38-39,41-42H2,1-3H3. The van der Waals surface area contributed by atoms with Crippen LogP contribution < -0.4 is 4.90 Å². The van der Waals surface area contributed by atoms with Crippen molar-refractivity contribution in [3.05, 3.63) is 223 Å². The van der Waals surface area contributed by atoms with Crippen LogP contribution in [0.15, 0.2) is 212 Å². The summed E-state index contributed by atoms with van der Waals surface area (Å²) in [6, 6.07) is 79.6. The van der Waals surface area contributed by atoms with Gasteiger partial charge in [0.1, 0.15) is 0 Å². The molecule has 4 fully saturated rings. The SMILES string of the molecule is CC(C)(C)c1ccc(N(c2ccc(-c3ccc(-c4ccccc4)c(-c4ccccc4)c3)cc2)c2ccccc2-c2cccc3cccc(C45CC6CC7CC(C4)C765)c23)c(-c2ccccc2)c1. The minimum Gasteiger partial charge on any atom is -0.309 e. The lowest BCUT2D eigenvalue weighted by Crippen LogP contribution is -2.87. The van der Waals surface area contributed by atoms with Crippen molar-refractivity contribution < 1.29 is 0 Å². The van der Waals surface area contributed by atoms with Crippen LogP contribution in [-0.2, 0) is 10.8 Å². The van der Waals surface area contributed by atoms with Crippen LogP contribution in [0.5, 0.6) is 0 Å². The number of anilines is 3. The molecule has 320 valence electrons. The van der Waals surface area contributed by atoms with Crippen LogP contribution in [0, 0.1) is 23.2 Å². The average molecular weight is 850 g/mol. The van der Waals surface area contributed by atoms with E-state index in [1.807, 2.05) is 0 Å². The highest BCUT2D eigenvalue weighted by atomic mass is 15.1. The number of hydrogen-bond donors (Lipinski definition) is 0. The molecule has 9 aromatic carbocycles. The van der Waals surface area contributed by atoms with E-state index in [0.717, 1.165) is 23.4 Å². The molecule has 0 aromatic heterocycles. The molecular weight excluding hydrogens is 795 g/mol. The first-order valence-corrected chi connectivity index (χ1v) is 24.3. The Balaban J connectivity index is 0.992. The molecule has 66 heavy (non-hydrogen) atoms. The minimum absolute atomic E-state index is 0.0136. The summed E-state index contributed by atoms with van der Waals surface area (Å²) in [5.41, 5.74) is 19.7. The van der Waals surface area contributed by atoms with Gasteiger partial charge in [0.05, 0.1) is 11.4 Å².